The molecule has 0 heterocycles. The number of amides is 1. The molecule has 0 aromatic heterocycles. The summed E-state index contributed by atoms with van der Waals surface area (Å²) in [6.07, 6.45) is 0.445. The first-order valence-corrected chi connectivity index (χ1v) is 13.9. The molecule has 13 heteroatoms. The SMILES string of the molecule is COc1ccc(CCNS(=O)(=O)c2ccc(OCC(=O)Nc3ccc(S(N)(=O)=O)cc3)cc2)cc1OC. The molecule has 0 saturated heterocycles. The van der Waals surface area contributed by atoms with Gasteiger partial charge in [0.2, 0.25) is 20.0 Å². The molecule has 1 amide bonds. The number of primary sulfonamides is 1. The largest absolute Gasteiger partial charge is 0.493 e. The van der Waals surface area contributed by atoms with Gasteiger partial charge in [-0.05, 0) is 72.6 Å². The Balaban J connectivity index is 1.49. The second-order valence-electron chi connectivity index (χ2n) is 7.71. The Morgan fingerprint density at radius 3 is 2.05 bits per heavy atom. The van der Waals surface area contributed by atoms with Gasteiger partial charge in [0, 0.05) is 12.2 Å². The van der Waals surface area contributed by atoms with E-state index in [0.717, 1.165) is 5.56 Å². The molecule has 0 atom stereocenters. The highest BCUT2D eigenvalue weighted by molar-refractivity contribution is 7.89. The normalized spacial score (nSPS) is 11.5. The van der Waals surface area contributed by atoms with Gasteiger partial charge in [0.25, 0.3) is 5.91 Å². The average molecular weight is 550 g/mol. The maximum atomic E-state index is 12.6. The van der Waals surface area contributed by atoms with Crippen molar-refractivity contribution in [2.45, 2.75) is 16.2 Å². The molecule has 198 valence electrons. The third-order valence-electron chi connectivity index (χ3n) is 5.12. The molecular weight excluding hydrogens is 522 g/mol. The van der Waals surface area contributed by atoms with Gasteiger partial charge in [-0.3, -0.25) is 4.79 Å². The van der Waals surface area contributed by atoms with Crippen molar-refractivity contribution in [2.75, 3.05) is 32.7 Å². The Kier molecular flexibility index (Phi) is 9.10. The summed E-state index contributed by atoms with van der Waals surface area (Å²) in [7, 11) is -4.51. The number of rotatable bonds is 12. The Labute approximate surface area is 215 Å². The minimum atomic E-state index is -3.83. The highest BCUT2D eigenvalue weighted by atomic mass is 32.2. The molecule has 0 bridgehead atoms. The Hall–Kier alpha value is -3.65. The molecule has 0 aliphatic rings. The van der Waals surface area contributed by atoms with Crippen molar-refractivity contribution in [3.05, 3.63) is 72.3 Å². The second kappa shape index (κ2) is 12.1. The minimum absolute atomic E-state index is 0.0477. The van der Waals surface area contributed by atoms with Crippen LogP contribution in [0.3, 0.4) is 0 Å². The van der Waals surface area contributed by atoms with Gasteiger partial charge in [0.1, 0.15) is 5.75 Å². The lowest BCUT2D eigenvalue weighted by Crippen LogP contribution is -2.26. The Bertz CT molecular complexity index is 1440. The first kappa shape index (κ1) is 27.9. The van der Waals surface area contributed by atoms with E-state index in [1.807, 2.05) is 6.07 Å². The summed E-state index contributed by atoms with van der Waals surface area (Å²) in [5.74, 6) is 0.957. The highest BCUT2D eigenvalue weighted by Crippen LogP contribution is 2.27. The molecule has 3 rings (SSSR count). The number of sulfonamides is 2. The Morgan fingerprint density at radius 1 is 0.838 bits per heavy atom. The fourth-order valence-corrected chi connectivity index (χ4v) is 4.79. The van der Waals surface area contributed by atoms with Gasteiger partial charge < -0.3 is 19.5 Å². The number of ether oxygens (including phenoxy) is 3. The van der Waals surface area contributed by atoms with E-state index in [-0.39, 0.29) is 22.9 Å². The van der Waals surface area contributed by atoms with Gasteiger partial charge >= 0.3 is 0 Å². The third kappa shape index (κ3) is 7.92. The molecule has 4 N–H and O–H groups in total. The zero-order chi connectivity index (χ0) is 27.1. The van der Waals surface area contributed by atoms with E-state index in [2.05, 4.69) is 10.0 Å². The molecule has 0 unspecified atom stereocenters. The van der Waals surface area contributed by atoms with E-state index < -0.39 is 26.0 Å². The summed E-state index contributed by atoms with van der Waals surface area (Å²) in [6.45, 7) is -0.166. The molecular formula is C24H27N3O8S2. The van der Waals surface area contributed by atoms with E-state index in [1.54, 1.807) is 12.1 Å². The van der Waals surface area contributed by atoms with Crippen LogP contribution in [-0.4, -0.2) is 50.1 Å². The van der Waals surface area contributed by atoms with Crippen molar-refractivity contribution in [3.63, 3.8) is 0 Å². The number of methoxy groups -OCH3 is 2. The third-order valence-corrected chi connectivity index (χ3v) is 7.53. The van der Waals surface area contributed by atoms with Crippen molar-refractivity contribution in [2.24, 2.45) is 5.14 Å². The summed E-state index contributed by atoms with van der Waals surface area (Å²) in [5.41, 5.74) is 1.24. The van der Waals surface area contributed by atoms with Crippen LogP contribution in [0, 0.1) is 0 Å². The van der Waals surface area contributed by atoms with E-state index in [0.29, 0.717) is 29.4 Å². The Morgan fingerprint density at radius 2 is 1.46 bits per heavy atom. The zero-order valence-corrected chi connectivity index (χ0v) is 21.8. The van der Waals surface area contributed by atoms with Crippen LogP contribution in [0.4, 0.5) is 5.69 Å². The summed E-state index contributed by atoms with van der Waals surface area (Å²) in [4.78, 5) is 12.1. The van der Waals surface area contributed by atoms with Crippen LogP contribution < -0.4 is 29.4 Å². The molecule has 0 aliphatic heterocycles. The van der Waals surface area contributed by atoms with Crippen LogP contribution in [-0.2, 0) is 31.3 Å². The van der Waals surface area contributed by atoms with Crippen LogP contribution in [0.15, 0.2) is 76.5 Å². The molecule has 0 aliphatic carbocycles. The van der Waals surface area contributed by atoms with Gasteiger partial charge in [-0.15, -0.1) is 0 Å². The second-order valence-corrected chi connectivity index (χ2v) is 11.0. The molecule has 3 aromatic carbocycles. The van der Waals surface area contributed by atoms with Gasteiger partial charge in [0.05, 0.1) is 24.0 Å². The summed E-state index contributed by atoms with van der Waals surface area (Å²) in [6, 6.07) is 16.3. The number of hydrogen-bond acceptors (Lipinski definition) is 8. The number of carbonyl (C=O) groups excluding carboxylic acids is 1. The van der Waals surface area contributed by atoms with Gasteiger partial charge in [0.15, 0.2) is 18.1 Å². The molecule has 11 nitrogen and oxygen atoms in total. The first-order valence-electron chi connectivity index (χ1n) is 10.9. The van der Waals surface area contributed by atoms with Crippen molar-refractivity contribution in [3.8, 4) is 17.2 Å². The predicted molar refractivity (Wildman–Crippen MR) is 137 cm³/mol. The van der Waals surface area contributed by atoms with Crippen molar-refractivity contribution >= 4 is 31.6 Å². The maximum absolute atomic E-state index is 12.6. The quantitative estimate of drug-likeness (QED) is 0.308. The van der Waals surface area contributed by atoms with Crippen LogP contribution in [0.5, 0.6) is 17.2 Å². The number of nitrogens with two attached hydrogens (primary N) is 1. The van der Waals surface area contributed by atoms with Crippen molar-refractivity contribution in [1.29, 1.82) is 0 Å². The lowest BCUT2D eigenvalue weighted by atomic mass is 10.1. The van der Waals surface area contributed by atoms with Gasteiger partial charge in [-0.1, -0.05) is 6.07 Å². The molecule has 3 aromatic rings. The van der Waals surface area contributed by atoms with E-state index in [4.69, 9.17) is 19.3 Å². The van der Waals surface area contributed by atoms with Gasteiger partial charge in [-0.2, -0.15) is 0 Å². The van der Waals surface area contributed by atoms with Crippen LogP contribution >= 0.6 is 0 Å². The lowest BCUT2D eigenvalue weighted by molar-refractivity contribution is -0.118. The van der Waals surface area contributed by atoms with Gasteiger partial charge in [-0.25, -0.2) is 26.7 Å². The number of nitrogens with one attached hydrogen (secondary N) is 2. The average Bonchev–Trinajstić information content (AvgIpc) is 2.87. The fraction of sp³-hybridized carbons (Fsp3) is 0.208. The van der Waals surface area contributed by atoms with E-state index in [1.165, 1.54) is 62.8 Å². The number of carbonyl (C=O) groups is 1. The monoisotopic (exact) mass is 549 g/mol. The molecule has 0 spiro atoms. The summed E-state index contributed by atoms with van der Waals surface area (Å²) < 4.78 is 66.2. The maximum Gasteiger partial charge on any atom is 0.262 e. The topological polar surface area (TPSA) is 163 Å². The highest BCUT2D eigenvalue weighted by Gasteiger charge is 2.14. The van der Waals surface area contributed by atoms with Crippen LogP contribution in [0.1, 0.15) is 5.56 Å². The minimum Gasteiger partial charge on any atom is -0.493 e. The number of benzene rings is 3. The van der Waals surface area contributed by atoms with Crippen LogP contribution in [0.2, 0.25) is 0 Å². The smallest absolute Gasteiger partial charge is 0.262 e. The van der Waals surface area contributed by atoms with E-state index >= 15 is 0 Å². The fourth-order valence-electron chi connectivity index (χ4n) is 3.24. The number of hydrogen-bond donors (Lipinski definition) is 3. The standard InChI is InChI=1S/C24H27N3O8S2/c1-33-22-12-3-17(15-23(22)34-2)13-14-26-37(31,32)21-10-6-19(7-11-21)35-16-24(28)27-18-4-8-20(9-5-18)36(25,29)30/h3-12,15,26H,13-14,16H2,1-2H3,(H,27,28)(H2,25,29,30). The first-order chi connectivity index (χ1) is 17.5. The van der Waals surface area contributed by atoms with Crippen molar-refractivity contribution < 1.29 is 35.8 Å². The lowest BCUT2D eigenvalue weighted by Gasteiger charge is -2.11. The predicted octanol–water partition coefficient (Wildman–Crippen LogP) is 1.89. The zero-order valence-electron chi connectivity index (χ0n) is 20.1. The molecule has 0 radical (unpaired) electrons. The molecule has 0 saturated carbocycles. The molecule has 37 heavy (non-hydrogen) atoms. The summed E-state index contributed by atoms with van der Waals surface area (Å²) >= 11 is 0. The molecule has 0 fully saturated rings. The number of anilines is 1. The summed E-state index contributed by atoms with van der Waals surface area (Å²) in [5, 5.41) is 7.60. The van der Waals surface area contributed by atoms with Crippen LogP contribution in [0.25, 0.3) is 0 Å². The van der Waals surface area contributed by atoms with Crippen molar-refractivity contribution in [1.82, 2.24) is 4.72 Å². The van der Waals surface area contributed by atoms with E-state index in [9.17, 15) is 21.6 Å².